The Bertz CT molecular complexity index is 3590. The molecule has 13 rings (SSSR count). The zero-order valence-electron chi connectivity index (χ0n) is 38.9. The molecule has 2 heterocycles. The molecule has 0 spiro atoms. The fraction of sp³-hybridized carbons (Fsp3) is 0.185. The van der Waals surface area contributed by atoms with Crippen molar-refractivity contribution in [3.05, 3.63) is 199 Å². The van der Waals surface area contributed by atoms with Crippen molar-refractivity contribution in [1.82, 2.24) is 15.0 Å². The third-order valence-electron chi connectivity index (χ3n) is 15.3. The lowest BCUT2D eigenvalue weighted by atomic mass is 9.83. The van der Waals surface area contributed by atoms with Crippen LogP contribution in [-0.4, -0.2) is 15.0 Å². The van der Waals surface area contributed by atoms with E-state index in [0.29, 0.717) is 29.3 Å². The van der Waals surface area contributed by atoms with E-state index < -0.39 is 0 Å². The highest BCUT2D eigenvalue weighted by Crippen LogP contribution is 2.45. The van der Waals surface area contributed by atoms with E-state index in [-0.39, 0.29) is 0 Å². The van der Waals surface area contributed by atoms with Crippen LogP contribution in [0.4, 0.5) is 0 Å². The summed E-state index contributed by atoms with van der Waals surface area (Å²) in [5, 5.41) is 7.73. The minimum atomic E-state index is 0.655. The van der Waals surface area contributed by atoms with Crippen molar-refractivity contribution in [3.63, 3.8) is 0 Å². The summed E-state index contributed by atoms with van der Waals surface area (Å²) in [7, 11) is 0. The number of rotatable bonds is 8. The summed E-state index contributed by atoms with van der Waals surface area (Å²) in [6.45, 7) is 0. The van der Waals surface area contributed by atoms with Crippen molar-refractivity contribution >= 4 is 53.1 Å². The Morgan fingerprint density at radius 2 is 0.739 bits per heavy atom. The standard InChI is InChI=1S/C65H53N3S/c1-4-15-42(16-5-1)44-27-31-46(32-28-44)52-38-53(47-33-29-45(30-34-47)43-17-6-2-7-18-43)40-54(39-52)49-21-14-22-50(37-49)64-66-63(48-19-8-3-9-20-48)67-65(68-64)51-35-36-59-60(41-51)69-62-58-26-13-11-24-56(58)55-23-10-12-25-57(55)61(59)62/h3,8-14,19-43H,1-2,4-7,15-18H2. The smallest absolute Gasteiger partial charge is 0.164 e. The van der Waals surface area contributed by atoms with Crippen molar-refractivity contribution in [2.75, 3.05) is 0 Å². The first-order valence-corrected chi connectivity index (χ1v) is 26.0. The van der Waals surface area contributed by atoms with E-state index in [1.807, 2.05) is 17.4 Å². The van der Waals surface area contributed by atoms with Gasteiger partial charge in [0, 0.05) is 42.2 Å². The fourth-order valence-corrected chi connectivity index (χ4v) is 12.9. The van der Waals surface area contributed by atoms with E-state index in [1.165, 1.54) is 145 Å². The van der Waals surface area contributed by atoms with Crippen LogP contribution in [0.1, 0.15) is 87.2 Å². The van der Waals surface area contributed by atoms with Gasteiger partial charge in [-0.1, -0.05) is 196 Å². The first-order chi connectivity index (χ1) is 34.2. The minimum Gasteiger partial charge on any atom is -0.208 e. The molecule has 3 nitrogen and oxygen atoms in total. The molecule has 2 aliphatic carbocycles. The minimum absolute atomic E-state index is 0.655. The van der Waals surface area contributed by atoms with E-state index in [1.54, 1.807) is 0 Å². The molecule has 0 bridgehead atoms. The van der Waals surface area contributed by atoms with Crippen molar-refractivity contribution in [1.29, 1.82) is 0 Å². The van der Waals surface area contributed by atoms with Crippen LogP contribution in [0.25, 0.3) is 109 Å². The van der Waals surface area contributed by atoms with Gasteiger partial charge in [-0.2, -0.15) is 0 Å². The number of nitrogens with zero attached hydrogens (tertiary/aromatic N) is 3. The summed E-state index contributed by atoms with van der Waals surface area (Å²) in [5.41, 5.74) is 13.1. The highest BCUT2D eigenvalue weighted by Gasteiger charge is 2.20. The number of hydrogen-bond donors (Lipinski definition) is 0. The summed E-state index contributed by atoms with van der Waals surface area (Å²) in [6, 6.07) is 69.6. The zero-order valence-corrected chi connectivity index (χ0v) is 39.7. The summed E-state index contributed by atoms with van der Waals surface area (Å²) >= 11 is 1.86. The number of thiophene rings is 1. The van der Waals surface area contributed by atoms with Crippen LogP contribution in [0.3, 0.4) is 0 Å². The van der Waals surface area contributed by atoms with Gasteiger partial charge in [-0.05, 0) is 129 Å². The Morgan fingerprint density at radius 1 is 0.304 bits per heavy atom. The van der Waals surface area contributed by atoms with Gasteiger partial charge in [0.15, 0.2) is 17.5 Å². The second-order valence-corrected chi connectivity index (χ2v) is 20.6. The van der Waals surface area contributed by atoms with Crippen LogP contribution in [0, 0.1) is 0 Å². The Kier molecular flexibility index (Phi) is 10.9. The molecule has 4 heteroatoms. The Balaban J connectivity index is 0.915. The first kappa shape index (κ1) is 41.9. The molecule has 2 aliphatic rings. The lowest BCUT2D eigenvalue weighted by Gasteiger charge is -2.22. The van der Waals surface area contributed by atoms with Gasteiger partial charge in [-0.15, -0.1) is 11.3 Å². The molecule has 0 N–H and O–H groups in total. The number of fused-ring (bicyclic) bond motifs is 8. The van der Waals surface area contributed by atoms with Crippen LogP contribution in [0.15, 0.2) is 188 Å². The molecular formula is C65H53N3S. The maximum absolute atomic E-state index is 5.30. The summed E-state index contributed by atoms with van der Waals surface area (Å²) in [4.78, 5) is 15.7. The molecule has 2 fully saturated rings. The fourth-order valence-electron chi connectivity index (χ4n) is 11.6. The highest BCUT2D eigenvalue weighted by molar-refractivity contribution is 7.27. The maximum atomic E-state index is 5.30. The van der Waals surface area contributed by atoms with E-state index in [9.17, 15) is 0 Å². The predicted molar refractivity (Wildman–Crippen MR) is 292 cm³/mol. The molecule has 0 atom stereocenters. The van der Waals surface area contributed by atoms with Gasteiger partial charge in [-0.3, -0.25) is 0 Å². The molecule has 9 aromatic carbocycles. The zero-order chi connectivity index (χ0) is 45.7. The average molecular weight is 908 g/mol. The summed E-state index contributed by atoms with van der Waals surface area (Å²) < 4.78 is 2.53. The molecule has 2 saturated carbocycles. The van der Waals surface area contributed by atoms with Crippen molar-refractivity contribution < 1.29 is 0 Å². The average Bonchev–Trinajstić information content (AvgIpc) is 3.83. The lowest BCUT2D eigenvalue weighted by Crippen LogP contribution is -2.04. The normalized spacial score (nSPS) is 14.8. The predicted octanol–water partition coefficient (Wildman–Crippen LogP) is 18.6. The third kappa shape index (κ3) is 8.01. The van der Waals surface area contributed by atoms with Crippen molar-refractivity contribution in [2.45, 2.75) is 76.0 Å². The third-order valence-corrected chi connectivity index (χ3v) is 16.5. The van der Waals surface area contributed by atoms with E-state index in [4.69, 9.17) is 15.0 Å². The molecule has 11 aromatic rings. The van der Waals surface area contributed by atoms with E-state index in [2.05, 4.69) is 182 Å². The Morgan fingerprint density at radius 3 is 1.33 bits per heavy atom. The molecule has 2 aromatic heterocycles. The van der Waals surface area contributed by atoms with E-state index >= 15 is 0 Å². The molecule has 0 unspecified atom stereocenters. The second kappa shape index (κ2) is 18.0. The van der Waals surface area contributed by atoms with Crippen molar-refractivity contribution in [3.8, 4) is 67.5 Å². The first-order valence-electron chi connectivity index (χ1n) is 25.2. The Hall–Kier alpha value is -7.27. The van der Waals surface area contributed by atoms with Crippen LogP contribution in [0.5, 0.6) is 0 Å². The van der Waals surface area contributed by atoms with Crippen LogP contribution in [0.2, 0.25) is 0 Å². The van der Waals surface area contributed by atoms with Gasteiger partial charge in [0.25, 0.3) is 0 Å². The Labute approximate surface area is 408 Å². The summed E-state index contributed by atoms with van der Waals surface area (Å²) in [5.74, 6) is 3.34. The van der Waals surface area contributed by atoms with Gasteiger partial charge < -0.3 is 0 Å². The molecule has 0 saturated heterocycles. The largest absolute Gasteiger partial charge is 0.208 e. The maximum Gasteiger partial charge on any atom is 0.164 e. The van der Waals surface area contributed by atoms with Gasteiger partial charge in [-0.25, -0.2) is 15.0 Å². The SMILES string of the molecule is c1ccc(-c2nc(-c3cccc(-c4cc(-c5ccc(C6CCCCC6)cc5)cc(-c5ccc(C6CCCCC6)cc5)c4)c3)nc(-c3ccc4c(c3)sc3c5ccccc5c5ccccc5c43)n2)cc1. The van der Waals surface area contributed by atoms with Crippen LogP contribution >= 0.6 is 11.3 Å². The van der Waals surface area contributed by atoms with Gasteiger partial charge >= 0.3 is 0 Å². The quantitative estimate of drug-likeness (QED) is 0.143. The topological polar surface area (TPSA) is 38.7 Å². The number of aromatic nitrogens is 3. The molecule has 69 heavy (non-hydrogen) atoms. The van der Waals surface area contributed by atoms with Gasteiger partial charge in [0.1, 0.15) is 0 Å². The molecule has 0 aliphatic heterocycles. The lowest BCUT2D eigenvalue weighted by molar-refractivity contribution is 0.443. The monoisotopic (exact) mass is 907 g/mol. The van der Waals surface area contributed by atoms with Crippen molar-refractivity contribution in [2.24, 2.45) is 0 Å². The van der Waals surface area contributed by atoms with Gasteiger partial charge in [0.2, 0.25) is 0 Å². The van der Waals surface area contributed by atoms with E-state index in [0.717, 1.165) is 22.3 Å². The molecule has 0 amide bonds. The highest BCUT2D eigenvalue weighted by atomic mass is 32.1. The number of hydrogen-bond acceptors (Lipinski definition) is 4. The summed E-state index contributed by atoms with van der Waals surface area (Å²) in [6.07, 6.45) is 13.3. The molecule has 334 valence electrons. The van der Waals surface area contributed by atoms with Gasteiger partial charge in [0.05, 0.1) is 0 Å². The van der Waals surface area contributed by atoms with Crippen LogP contribution < -0.4 is 0 Å². The second-order valence-electron chi connectivity index (χ2n) is 19.6. The van der Waals surface area contributed by atoms with Crippen LogP contribution in [-0.2, 0) is 0 Å². The molecule has 0 radical (unpaired) electrons. The number of benzene rings is 9. The molecular weight excluding hydrogens is 855 g/mol.